The van der Waals surface area contributed by atoms with Crippen molar-refractivity contribution in [1.29, 1.82) is 0 Å². The Balaban J connectivity index is 1.41. The van der Waals surface area contributed by atoms with Crippen molar-refractivity contribution in [2.75, 3.05) is 31.9 Å². The zero-order valence-corrected chi connectivity index (χ0v) is 16.4. The Morgan fingerprint density at radius 1 is 1.00 bits per heavy atom. The first kappa shape index (κ1) is 18.4. The summed E-state index contributed by atoms with van der Waals surface area (Å²) in [6.07, 6.45) is 0. The van der Waals surface area contributed by atoms with Gasteiger partial charge in [0.15, 0.2) is 0 Å². The molecule has 2 N–H and O–H groups in total. The zero-order chi connectivity index (χ0) is 19.7. The van der Waals surface area contributed by atoms with E-state index in [2.05, 4.69) is 20.9 Å². The summed E-state index contributed by atoms with van der Waals surface area (Å²) < 4.78 is 0. The van der Waals surface area contributed by atoms with Crippen LogP contribution in [0.4, 0.5) is 5.82 Å². The number of fused-ring (bicyclic) bond motifs is 1. The van der Waals surface area contributed by atoms with Gasteiger partial charge in [0.2, 0.25) is 0 Å². The third kappa shape index (κ3) is 3.82. The van der Waals surface area contributed by atoms with Crippen molar-refractivity contribution >= 4 is 22.6 Å². The number of aromatic nitrogens is 2. The zero-order valence-electron chi connectivity index (χ0n) is 16.4. The summed E-state index contributed by atoms with van der Waals surface area (Å²) in [7, 11) is 0. The Morgan fingerprint density at radius 3 is 2.39 bits per heavy atom. The van der Waals surface area contributed by atoms with Gasteiger partial charge in [-0.1, -0.05) is 29.3 Å². The summed E-state index contributed by atoms with van der Waals surface area (Å²) in [5, 5.41) is 0.884. The molecule has 28 heavy (non-hydrogen) atoms. The van der Waals surface area contributed by atoms with E-state index in [0.717, 1.165) is 46.5 Å². The minimum atomic E-state index is 0.109. The Kier molecular flexibility index (Phi) is 4.96. The molecule has 1 saturated heterocycles. The minimum Gasteiger partial charge on any atom is -0.383 e. The molecule has 1 aromatic heterocycles. The maximum Gasteiger partial charge on any atom is 0.253 e. The standard InChI is InChI=1S/C22H25N5O/c1-15-11-16(2)13-17(12-15)22(28)27-9-7-26(8-10-27)14-20-24-19-6-4-3-5-18(19)21(23)25-20/h3-6,11-13H,7-10,14H2,1-2H3,(H2,23,24,25). The topological polar surface area (TPSA) is 75.4 Å². The van der Waals surface area contributed by atoms with Crippen molar-refractivity contribution < 1.29 is 4.79 Å². The third-order valence-electron chi connectivity index (χ3n) is 5.17. The number of hydrogen-bond donors (Lipinski definition) is 1. The lowest BCUT2D eigenvalue weighted by Crippen LogP contribution is -2.48. The van der Waals surface area contributed by atoms with Crippen molar-refractivity contribution in [1.82, 2.24) is 19.8 Å². The molecule has 0 atom stereocenters. The van der Waals surface area contributed by atoms with Gasteiger partial charge in [0, 0.05) is 37.1 Å². The monoisotopic (exact) mass is 375 g/mol. The molecule has 6 nitrogen and oxygen atoms in total. The van der Waals surface area contributed by atoms with E-state index in [9.17, 15) is 4.79 Å². The van der Waals surface area contributed by atoms with Gasteiger partial charge >= 0.3 is 0 Å². The van der Waals surface area contributed by atoms with E-state index in [4.69, 9.17) is 5.73 Å². The lowest BCUT2D eigenvalue weighted by Gasteiger charge is -2.34. The van der Waals surface area contributed by atoms with Crippen LogP contribution in [0.15, 0.2) is 42.5 Å². The summed E-state index contributed by atoms with van der Waals surface area (Å²) in [5.41, 5.74) is 9.97. The van der Waals surface area contributed by atoms with Crippen molar-refractivity contribution in [2.45, 2.75) is 20.4 Å². The Labute approximate surface area is 165 Å². The average molecular weight is 375 g/mol. The minimum absolute atomic E-state index is 0.109. The van der Waals surface area contributed by atoms with Crippen LogP contribution >= 0.6 is 0 Å². The van der Waals surface area contributed by atoms with Crippen molar-refractivity contribution in [3.63, 3.8) is 0 Å². The van der Waals surface area contributed by atoms with Crippen LogP contribution in [0.5, 0.6) is 0 Å². The molecule has 0 saturated carbocycles. The van der Waals surface area contributed by atoms with Crippen molar-refractivity contribution in [2.24, 2.45) is 0 Å². The second-order valence-electron chi connectivity index (χ2n) is 7.49. The van der Waals surface area contributed by atoms with Crippen LogP contribution in [-0.4, -0.2) is 51.9 Å². The van der Waals surface area contributed by atoms with Gasteiger partial charge in [0.05, 0.1) is 12.1 Å². The van der Waals surface area contributed by atoms with Crippen LogP contribution in [0.1, 0.15) is 27.3 Å². The molecule has 6 heteroatoms. The fourth-order valence-corrected chi connectivity index (χ4v) is 3.81. The molecule has 0 aliphatic carbocycles. The molecule has 0 radical (unpaired) electrons. The van der Waals surface area contributed by atoms with E-state index in [1.54, 1.807) is 0 Å². The molecule has 1 aliphatic rings. The number of nitrogens with zero attached hydrogens (tertiary/aromatic N) is 4. The number of nitrogen functional groups attached to an aromatic ring is 1. The second-order valence-corrected chi connectivity index (χ2v) is 7.49. The molecule has 2 aromatic carbocycles. The summed E-state index contributed by atoms with van der Waals surface area (Å²) in [6.45, 7) is 7.69. The molecule has 4 rings (SSSR count). The number of amides is 1. The number of anilines is 1. The summed E-state index contributed by atoms with van der Waals surface area (Å²) >= 11 is 0. The molecule has 0 unspecified atom stereocenters. The van der Waals surface area contributed by atoms with Gasteiger partial charge < -0.3 is 10.6 Å². The molecular weight excluding hydrogens is 350 g/mol. The quantitative estimate of drug-likeness (QED) is 0.762. The molecule has 1 amide bonds. The van der Waals surface area contributed by atoms with Gasteiger partial charge in [-0.15, -0.1) is 0 Å². The molecule has 144 valence electrons. The molecule has 1 aliphatic heterocycles. The highest BCUT2D eigenvalue weighted by Crippen LogP contribution is 2.18. The summed E-state index contributed by atoms with van der Waals surface area (Å²) in [5.74, 6) is 1.35. The molecular formula is C22H25N5O. The van der Waals surface area contributed by atoms with Crippen molar-refractivity contribution in [3.05, 3.63) is 65.0 Å². The van der Waals surface area contributed by atoms with Crippen LogP contribution in [0.3, 0.4) is 0 Å². The van der Waals surface area contributed by atoms with Crippen LogP contribution in [0, 0.1) is 13.8 Å². The molecule has 0 bridgehead atoms. The normalized spacial score (nSPS) is 15.1. The number of aryl methyl sites for hydroxylation is 2. The van der Waals surface area contributed by atoms with Crippen LogP contribution in [-0.2, 0) is 6.54 Å². The lowest BCUT2D eigenvalue weighted by molar-refractivity contribution is 0.0625. The fourth-order valence-electron chi connectivity index (χ4n) is 3.81. The third-order valence-corrected chi connectivity index (χ3v) is 5.17. The number of nitrogens with two attached hydrogens (primary N) is 1. The molecule has 3 aromatic rings. The smallest absolute Gasteiger partial charge is 0.253 e. The maximum absolute atomic E-state index is 12.8. The fraction of sp³-hybridized carbons (Fsp3) is 0.318. The highest BCUT2D eigenvalue weighted by molar-refractivity contribution is 5.94. The highest BCUT2D eigenvalue weighted by atomic mass is 16.2. The Morgan fingerprint density at radius 2 is 1.68 bits per heavy atom. The average Bonchev–Trinajstić information content (AvgIpc) is 2.67. The lowest BCUT2D eigenvalue weighted by atomic mass is 10.1. The van der Waals surface area contributed by atoms with Crippen LogP contribution < -0.4 is 5.73 Å². The highest BCUT2D eigenvalue weighted by Gasteiger charge is 2.23. The van der Waals surface area contributed by atoms with E-state index in [1.807, 2.05) is 55.1 Å². The number of hydrogen-bond acceptors (Lipinski definition) is 5. The SMILES string of the molecule is Cc1cc(C)cc(C(=O)N2CCN(Cc3nc(N)c4ccccc4n3)CC2)c1. The molecule has 0 spiro atoms. The van der Waals surface area contributed by atoms with E-state index in [0.29, 0.717) is 25.5 Å². The van der Waals surface area contributed by atoms with E-state index >= 15 is 0 Å². The first-order valence-corrected chi connectivity index (χ1v) is 9.60. The van der Waals surface area contributed by atoms with E-state index in [1.165, 1.54) is 0 Å². The summed E-state index contributed by atoms with van der Waals surface area (Å²) in [6, 6.07) is 13.8. The van der Waals surface area contributed by atoms with Gasteiger partial charge in [0.25, 0.3) is 5.91 Å². The van der Waals surface area contributed by atoms with Gasteiger partial charge in [-0.25, -0.2) is 9.97 Å². The maximum atomic E-state index is 12.8. The number of carbonyl (C=O) groups excluding carboxylic acids is 1. The first-order chi connectivity index (χ1) is 13.5. The van der Waals surface area contributed by atoms with Gasteiger partial charge in [-0.3, -0.25) is 9.69 Å². The number of piperazine rings is 1. The first-order valence-electron chi connectivity index (χ1n) is 9.60. The number of benzene rings is 2. The predicted molar refractivity (Wildman–Crippen MR) is 111 cm³/mol. The number of carbonyl (C=O) groups is 1. The Bertz CT molecular complexity index is 1000. The summed E-state index contributed by atoms with van der Waals surface area (Å²) in [4.78, 5) is 26.1. The van der Waals surface area contributed by atoms with Crippen LogP contribution in [0.25, 0.3) is 10.9 Å². The largest absolute Gasteiger partial charge is 0.383 e. The van der Waals surface area contributed by atoms with Crippen molar-refractivity contribution in [3.8, 4) is 0 Å². The van der Waals surface area contributed by atoms with Crippen LogP contribution in [0.2, 0.25) is 0 Å². The van der Waals surface area contributed by atoms with Gasteiger partial charge in [0.1, 0.15) is 11.6 Å². The predicted octanol–water partition coefficient (Wildman–Crippen LogP) is 2.79. The second kappa shape index (κ2) is 7.56. The van der Waals surface area contributed by atoms with E-state index in [-0.39, 0.29) is 5.91 Å². The molecule has 1 fully saturated rings. The van der Waals surface area contributed by atoms with Gasteiger partial charge in [-0.05, 0) is 38.1 Å². The van der Waals surface area contributed by atoms with Gasteiger partial charge in [-0.2, -0.15) is 0 Å². The van der Waals surface area contributed by atoms with E-state index < -0.39 is 0 Å². The number of para-hydroxylation sites is 1. The number of rotatable bonds is 3. The Hall–Kier alpha value is -2.99. The molecule has 2 heterocycles.